The van der Waals surface area contributed by atoms with E-state index in [1.807, 2.05) is 55.4 Å². The molecular weight excluding hydrogens is 314 g/mol. The van der Waals surface area contributed by atoms with E-state index in [0.717, 1.165) is 11.3 Å². The van der Waals surface area contributed by atoms with Crippen molar-refractivity contribution >= 4 is 17.6 Å². The lowest BCUT2D eigenvalue weighted by atomic mass is 10.2. The van der Waals surface area contributed by atoms with E-state index in [9.17, 15) is 4.79 Å². The fraction of sp³-hybridized carbons (Fsp3) is 0.353. The van der Waals surface area contributed by atoms with Crippen molar-refractivity contribution in [2.45, 2.75) is 12.6 Å². The summed E-state index contributed by atoms with van der Waals surface area (Å²) in [6.07, 6.45) is 1.64. The standard InChI is InChI=1S/C17H22ClN3O2/c1-20(2)15(16-9-6-10-23-16)11-19-17(22)21(3)12-13-7-4-5-8-14(13)18/h4-10,15H,11-12H2,1-3H3,(H,19,22). The first-order valence-corrected chi connectivity index (χ1v) is 7.79. The van der Waals surface area contributed by atoms with Crippen LogP contribution in [0.1, 0.15) is 17.4 Å². The van der Waals surface area contributed by atoms with Crippen LogP contribution in [0.4, 0.5) is 4.79 Å². The Morgan fingerprint density at radius 3 is 2.57 bits per heavy atom. The SMILES string of the molecule is CN(Cc1ccccc1Cl)C(=O)NCC(c1ccco1)N(C)C. The molecule has 2 amide bonds. The molecule has 1 unspecified atom stereocenters. The number of amides is 2. The molecule has 0 saturated heterocycles. The molecule has 0 bridgehead atoms. The summed E-state index contributed by atoms with van der Waals surface area (Å²) >= 11 is 6.13. The Morgan fingerprint density at radius 2 is 1.96 bits per heavy atom. The molecule has 0 spiro atoms. The first-order chi connectivity index (χ1) is 11.0. The zero-order chi connectivity index (χ0) is 16.8. The molecule has 2 rings (SSSR count). The van der Waals surface area contributed by atoms with Gasteiger partial charge < -0.3 is 14.6 Å². The summed E-state index contributed by atoms with van der Waals surface area (Å²) in [5, 5.41) is 3.60. The minimum Gasteiger partial charge on any atom is -0.468 e. The fourth-order valence-corrected chi connectivity index (χ4v) is 2.49. The smallest absolute Gasteiger partial charge is 0.317 e. The lowest BCUT2D eigenvalue weighted by Gasteiger charge is -2.25. The van der Waals surface area contributed by atoms with Gasteiger partial charge in [-0.25, -0.2) is 4.79 Å². The molecule has 6 heteroatoms. The number of urea groups is 1. The van der Waals surface area contributed by atoms with Gasteiger partial charge in [0.15, 0.2) is 0 Å². The van der Waals surface area contributed by atoms with Crippen LogP contribution >= 0.6 is 11.6 Å². The molecule has 0 aliphatic rings. The first-order valence-electron chi connectivity index (χ1n) is 7.41. The highest BCUT2D eigenvalue weighted by molar-refractivity contribution is 6.31. The number of likely N-dealkylation sites (N-methyl/N-ethyl adjacent to an activating group) is 1. The van der Waals surface area contributed by atoms with Crippen LogP contribution in [0.25, 0.3) is 0 Å². The Labute approximate surface area is 141 Å². The molecule has 1 aromatic heterocycles. The number of hydrogen-bond donors (Lipinski definition) is 1. The van der Waals surface area contributed by atoms with E-state index in [-0.39, 0.29) is 12.1 Å². The maximum absolute atomic E-state index is 12.3. The van der Waals surface area contributed by atoms with Crippen molar-refractivity contribution in [2.75, 3.05) is 27.7 Å². The second kappa shape index (κ2) is 8.04. The highest BCUT2D eigenvalue weighted by atomic mass is 35.5. The topological polar surface area (TPSA) is 48.7 Å². The van der Waals surface area contributed by atoms with Crippen LogP contribution in [-0.2, 0) is 6.54 Å². The number of rotatable bonds is 6. The van der Waals surface area contributed by atoms with Gasteiger partial charge in [-0.15, -0.1) is 0 Å². The average molecular weight is 336 g/mol. The number of benzene rings is 1. The molecule has 124 valence electrons. The molecule has 5 nitrogen and oxygen atoms in total. The van der Waals surface area contributed by atoms with E-state index in [0.29, 0.717) is 18.1 Å². The minimum atomic E-state index is -0.150. The zero-order valence-corrected chi connectivity index (χ0v) is 14.4. The van der Waals surface area contributed by atoms with E-state index in [4.69, 9.17) is 16.0 Å². The van der Waals surface area contributed by atoms with Gasteiger partial charge in [0.2, 0.25) is 0 Å². The minimum absolute atomic E-state index is 0.0114. The molecule has 0 aliphatic carbocycles. The molecule has 0 fully saturated rings. The summed E-state index contributed by atoms with van der Waals surface area (Å²) in [7, 11) is 5.65. The fourth-order valence-electron chi connectivity index (χ4n) is 2.29. The summed E-state index contributed by atoms with van der Waals surface area (Å²) in [5.74, 6) is 0.823. The zero-order valence-electron chi connectivity index (χ0n) is 13.6. The van der Waals surface area contributed by atoms with Gasteiger partial charge in [0, 0.05) is 25.2 Å². The van der Waals surface area contributed by atoms with Gasteiger partial charge in [-0.2, -0.15) is 0 Å². The van der Waals surface area contributed by atoms with Crippen LogP contribution in [0.3, 0.4) is 0 Å². The monoisotopic (exact) mass is 335 g/mol. The third-order valence-electron chi connectivity index (χ3n) is 3.65. The van der Waals surface area contributed by atoms with Crippen molar-refractivity contribution in [1.29, 1.82) is 0 Å². The van der Waals surface area contributed by atoms with Gasteiger partial charge in [-0.3, -0.25) is 4.90 Å². The molecule has 23 heavy (non-hydrogen) atoms. The Bertz CT molecular complexity index is 629. The van der Waals surface area contributed by atoms with Gasteiger partial charge in [0.05, 0.1) is 12.3 Å². The number of nitrogens with one attached hydrogen (secondary N) is 1. The Hall–Kier alpha value is -1.98. The normalized spacial score (nSPS) is 12.2. The molecule has 0 radical (unpaired) electrons. The van der Waals surface area contributed by atoms with Crippen LogP contribution in [-0.4, -0.2) is 43.5 Å². The number of nitrogens with zero attached hydrogens (tertiary/aromatic N) is 2. The molecule has 2 aromatic rings. The Morgan fingerprint density at radius 1 is 1.22 bits per heavy atom. The Balaban J connectivity index is 1.92. The van der Waals surface area contributed by atoms with E-state index in [1.165, 1.54) is 0 Å². The summed E-state index contributed by atoms with van der Waals surface area (Å²) in [4.78, 5) is 15.9. The molecular formula is C17H22ClN3O2. The lowest BCUT2D eigenvalue weighted by Crippen LogP contribution is -2.41. The van der Waals surface area contributed by atoms with Crippen molar-refractivity contribution < 1.29 is 9.21 Å². The molecule has 1 N–H and O–H groups in total. The van der Waals surface area contributed by atoms with Gasteiger partial charge in [0.1, 0.15) is 5.76 Å². The first kappa shape index (κ1) is 17.4. The maximum atomic E-state index is 12.3. The van der Waals surface area contributed by atoms with Gasteiger partial charge in [-0.1, -0.05) is 29.8 Å². The number of hydrogen-bond acceptors (Lipinski definition) is 3. The van der Waals surface area contributed by atoms with Crippen molar-refractivity contribution in [2.24, 2.45) is 0 Å². The third-order valence-corrected chi connectivity index (χ3v) is 4.02. The second-order valence-corrected chi connectivity index (χ2v) is 6.04. The molecule has 0 saturated carbocycles. The molecule has 1 aromatic carbocycles. The average Bonchev–Trinajstić information content (AvgIpc) is 3.03. The Kier molecular flexibility index (Phi) is 6.07. The van der Waals surface area contributed by atoms with Crippen LogP contribution in [0.5, 0.6) is 0 Å². The van der Waals surface area contributed by atoms with E-state index < -0.39 is 0 Å². The van der Waals surface area contributed by atoms with E-state index in [1.54, 1.807) is 18.2 Å². The van der Waals surface area contributed by atoms with Crippen molar-refractivity contribution in [3.8, 4) is 0 Å². The largest absolute Gasteiger partial charge is 0.468 e. The predicted octanol–water partition coefficient (Wildman–Crippen LogP) is 3.38. The van der Waals surface area contributed by atoms with Crippen LogP contribution < -0.4 is 5.32 Å². The summed E-state index contributed by atoms with van der Waals surface area (Å²) < 4.78 is 5.44. The van der Waals surface area contributed by atoms with E-state index >= 15 is 0 Å². The molecule has 0 aliphatic heterocycles. The van der Waals surface area contributed by atoms with Gasteiger partial charge in [-0.05, 0) is 37.9 Å². The number of carbonyl (C=O) groups is 1. The lowest BCUT2D eigenvalue weighted by molar-refractivity contribution is 0.197. The number of furan rings is 1. The van der Waals surface area contributed by atoms with E-state index in [2.05, 4.69) is 5.32 Å². The van der Waals surface area contributed by atoms with Gasteiger partial charge in [0.25, 0.3) is 0 Å². The highest BCUT2D eigenvalue weighted by Gasteiger charge is 2.19. The van der Waals surface area contributed by atoms with Crippen LogP contribution in [0.15, 0.2) is 47.1 Å². The summed E-state index contributed by atoms with van der Waals surface area (Å²) in [6, 6.07) is 11.1. The molecule has 1 atom stereocenters. The van der Waals surface area contributed by atoms with Crippen molar-refractivity contribution in [3.05, 3.63) is 59.0 Å². The maximum Gasteiger partial charge on any atom is 0.317 e. The number of halogens is 1. The highest BCUT2D eigenvalue weighted by Crippen LogP contribution is 2.18. The quantitative estimate of drug-likeness (QED) is 0.880. The van der Waals surface area contributed by atoms with Crippen molar-refractivity contribution in [3.63, 3.8) is 0 Å². The summed E-state index contributed by atoms with van der Waals surface area (Å²) in [6.45, 7) is 0.922. The third kappa shape index (κ3) is 4.74. The van der Waals surface area contributed by atoms with Crippen molar-refractivity contribution in [1.82, 2.24) is 15.1 Å². The molecule has 1 heterocycles. The number of carbonyl (C=O) groups excluding carboxylic acids is 1. The van der Waals surface area contributed by atoms with Gasteiger partial charge >= 0.3 is 6.03 Å². The van der Waals surface area contributed by atoms with Crippen LogP contribution in [0.2, 0.25) is 5.02 Å². The van der Waals surface area contributed by atoms with Crippen LogP contribution in [0, 0.1) is 0 Å². The predicted molar refractivity (Wildman–Crippen MR) is 91.5 cm³/mol. The second-order valence-electron chi connectivity index (χ2n) is 5.63. The summed E-state index contributed by atoms with van der Waals surface area (Å²) in [5.41, 5.74) is 0.919.